The lowest BCUT2D eigenvalue weighted by Crippen LogP contribution is -2.49. The third kappa shape index (κ3) is 7.94. The minimum atomic E-state index is -1.51. The molecule has 1 atom stereocenters. The van der Waals surface area contributed by atoms with Crippen molar-refractivity contribution in [3.05, 3.63) is 0 Å². The van der Waals surface area contributed by atoms with E-state index in [4.69, 9.17) is 4.74 Å². The summed E-state index contributed by atoms with van der Waals surface area (Å²) in [5.41, 5.74) is -0.694. The van der Waals surface area contributed by atoms with Crippen LogP contribution in [-0.2, 0) is 19.1 Å². The van der Waals surface area contributed by atoms with Crippen LogP contribution in [0.25, 0.3) is 0 Å². The maximum atomic E-state index is 11.4. The summed E-state index contributed by atoms with van der Waals surface area (Å²) < 4.78 is 5.06. The molecule has 0 radical (unpaired) electrons. The molecule has 0 aliphatic carbocycles. The average Bonchev–Trinajstić information content (AvgIpc) is 2.13. The van der Waals surface area contributed by atoms with E-state index in [1.807, 2.05) is 0 Å². The van der Waals surface area contributed by atoms with E-state index in [0.29, 0.717) is 0 Å². The quantitative estimate of drug-likeness (QED) is 0.403. The van der Waals surface area contributed by atoms with Crippen LogP contribution in [0.4, 0.5) is 0 Å². The number of carbonyl (C=O) groups is 3. The fourth-order valence-electron chi connectivity index (χ4n) is 0.976. The molecule has 0 aromatic carbocycles. The Labute approximate surface area is 113 Å². The number of ether oxygens (including phenoxy) is 1. The van der Waals surface area contributed by atoms with Gasteiger partial charge < -0.3 is 20.0 Å². The third-order valence-corrected chi connectivity index (χ3v) is 2.22. The first kappa shape index (κ1) is 16.1. The van der Waals surface area contributed by atoms with E-state index >= 15 is 0 Å². The number of carboxylic acids is 1. The Morgan fingerprint density at radius 1 is 1.35 bits per heavy atom. The molecular weight excluding hydrogens is 341 g/mol. The van der Waals surface area contributed by atoms with Crippen LogP contribution in [0.2, 0.25) is 0 Å². The number of hydrogen-bond donors (Lipinski definition) is 1. The normalized spacial score (nSPS) is 12.7. The van der Waals surface area contributed by atoms with E-state index in [-0.39, 0.29) is 4.43 Å². The van der Waals surface area contributed by atoms with Crippen LogP contribution in [0, 0.1) is 0 Å². The van der Waals surface area contributed by atoms with Crippen LogP contribution in [0.5, 0.6) is 0 Å². The van der Waals surface area contributed by atoms with Crippen LogP contribution in [0.1, 0.15) is 27.2 Å². The second kappa shape index (κ2) is 6.77. The summed E-state index contributed by atoms with van der Waals surface area (Å²) in [5, 5.41) is 12.9. The van der Waals surface area contributed by atoms with Crippen LogP contribution < -0.4 is 10.4 Å². The highest BCUT2D eigenvalue weighted by Gasteiger charge is 2.22. The highest BCUT2D eigenvalue weighted by molar-refractivity contribution is 14.1. The minimum Gasteiger partial charge on any atom is -0.548 e. The second-order valence-electron chi connectivity index (χ2n) is 4.36. The molecule has 0 rings (SSSR count). The summed E-state index contributed by atoms with van der Waals surface area (Å²) in [6.45, 7) is 5.01. The zero-order chi connectivity index (χ0) is 13.6. The maximum absolute atomic E-state index is 11.4. The number of hydrogen-bond acceptors (Lipinski definition) is 5. The number of carboxylic acid groups (broad SMARTS) is 1. The number of esters is 1. The highest BCUT2D eigenvalue weighted by atomic mass is 127. The Morgan fingerprint density at radius 2 is 1.88 bits per heavy atom. The van der Waals surface area contributed by atoms with Gasteiger partial charge in [-0.1, -0.05) is 22.6 Å². The van der Waals surface area contributed by atoms with E-state index in [1.54, 1.807) is 43.4 Å². The Balaban J connectivity index is 4.41. The van der Waals surface area contributed by atoms with Crippen molar-refractivity contribution in [3.8, 4) is 0 Å². The van der Waals surface area contributed by atoms with Crippen molar-refractivity contribution in [1.82, 2.24) is 5.32 Å². The van der Waals surface area contributed by atoms with E-state index < -0.39 is 35.9 Å². The summed E-state index contributed by atoms with van der Waals surface area (Å²) in [5.74, 6) is -2.67. The largest absolute Gasteiger partial charge is 0.548 e. The molecule has 0 aliphatic heterocycles. The van der Waals surface area contributed by atoms with E-state index in [1.165, 1.54) is 0 Å². The second-order valence-corrected chi connectivity index (χ2v) is 5.13. The number of amides is 1. The Hall–Kier alpha value is -0.860. The van der Waals surface area contributed by atoms with Crippen LogP contribution in [0.15, 0.2) is 0 Å². The van der Waals surface area contributed by atoms with Crippen molar-refractivity contribution in [3.63, 3.8) is 0 Å². The average molecular weight is 356 g/mol. The molecule has 0 aromatic rings. The van der Waals surface area contributed by atoms with Gasteiger partial charge in [-0.25, -0.2) is 0 Å². The number of halogens is 1. The summed E-state index contributed by atoms with van der Waals surface area (Å²) in [7, 11) is 0. The molecule has 1 unspecified atom stereocenters. The summed E-state index contributed by atoms with van der Waals surface area (Å²) in [6.07, 6.45) is -0.442. The molecule has 0 saturated carbocycles. The van der Waals surface area contributed by atoms with Crippen molar-refractivity contribution in [2.24, 2.45) is 0 Å². The number of rotatable bonds is 5. The molecular formula is C10H15INO5-. The zero-order valence-corrected chi connectivity index (χ0v) is 12.1. The molecule has 0 heterocycles. The number of alkyl halides is 1. The van der Waals surface area contributed by atoms with Gasteiger partial charge in [-0.2, -0.15) is 0 Å². The number of carbonyl (C=O) groups excluding carboxylic acids is 3. The molecule has 0 fully saturated rings. The van der Waals surface area contributed by atoms with Gasteiger partial charge in [0, 0.05) is 0 Å². The predicted molar refractivity (Wildman–Crippen MR) is 66.3 cm³/mol. The third-order valence-electron chi connectivity index (χ3n) is 1.53. The minimum absolute atomic E-state index is 0.107. The van der Waals surface area contributed by atoms with Gasteiger partial charge in [0.15, 0.2) is 0 Å². The van der Waals surface area contributed by atoms with E-state index in [2.05, 4.69) is 5.32 Å². The van der Waals surface area contributed by atoms with Crippen LogP contribution in [0.3, 0.4) is 0 Å². The van der Waals surface area contributed by atoms with E-state index in [9.17, 15) is 19.5 Å². The molecule has 17 heavy (non-hydrogen) atoms. The standard InChI is InChI=1S/C10H16INO5/c1-10(2,3)17-8(14)4-6(9(15)16)12-7(13)5-11/h6H,4-5H2,1-3H3,(H,12,13)(H,15,16)/p-1. The first-order chi connectivity index (χ1) is 7.65. The smallest absolute Gasteiger partial charge is 0.308 e. The topological polar surface area (TPSA) is 95.5 Å². The molecule has 0 aliphatic rings. The molecule has 0 spiro atoms. The predicted octanol–water partition coefficient (Wildman–Crippen LogP) is -0.612. The van der Waals surface area contributed by atoms with Gasteiger partial charge in [0.2, 0.25) is 5.91 Å². The SMILES string of the molecule is CC(C)(C)OC(=O)CC(NC(=O)CI)C(=O)[O-]. The molecule has 1 N–H and O–H groups in total. The number of nitrogens with one attached hydrogen (secondary N) is 1. The number of aliphatic carboxylic acids is 1. The Morgan fingerprint density at radius 3 is 2.24 bits per heavy atom. The molecule has 0 bridgehead atoms. The lowest BCUT2D eigenvalue weighted by atomic mass is 10.1. The molecule has 0 saturated heterocycles. The molecule has 1 amide bonds. The van der Waals surface area contributed by atoms with Crippen molar-refractivity contribution < 1.29 is 24.2 Å². The summed E-state index contributed by atoms with van der Waals surface area (Å²) in [6, 6.07) is -1.35. The van der Waals surface area contributed by atoms with Gasteiger partial charge in [0.05, 0.1) is 22.9 Å². The van der Waals surface area contributed by atoms with Crippen LogP contribution >= 0.6 is 22.6 Å². The van der Waals surface area contributed by atoms with Gasteiger partial charge in [-0.05, 0) is 20.8 Å². The lowest BCUT2D eigenvalue weighted by molar-refractivity contribution is -0.308. The fraction of sp³-hybridized carbons (Fsp3) is 0.700. The van der Waals surface area contributed by atoms with Crippen molar-refractivity contribution in [2.45, 2.75) is 38.8 Å². The van der Waals surface area contributed by atoms with Gasteiger partial charge in [-0.15, -0.1) is 0 Å². The van der Waals surface area contributed by atoms with Crippen LogP contribution in [-0.4, -0.2) is 33.9 Å². The van der Waals surface area contributed by atoms with E-state index in [0.717, 1.165) is 0 Å². The van der Waals surface area contributed by atoms with Gasteiger partial charge >= 0.3 is 5.97 Å². The van der Waals surface area contributed by atoms with Gasteiger partial charge in [-0.3, -0.25) is 9.59 Å². The van der Waals surface area contributed by atoms with Gasteiger partial charge in [0.25, 0.3) is 0 Å². The first-order valence-corrected chi connectivity index (χ1v) is 6.46. The highest BCUT2D eigenvalue weighted by Crippen LogP contribution is 2.09. The molecule has 98 valence electrons. The van der Waals surface area contributed by atoms with Crippen molar-refractivity contribution in [1.29, 1.82) is 0 Å². The molecule has 0 aromatic heterocycles. The summed E-state index contributed by atoms with van der Waals surface area (Å²) >= 11 is 1.78. The monoisotopic (exact) mass is 356 g/mol. The summed E-state index contributed by atoms with van der Waals surface area (Å²) in [4.78, 5) is 33.1. The molecule has 7 heteroatoms. The lowest BCUT2D eigenvalue weighted by Gasteiger charge is -2.23. The fourth-order valence-corrected chi connectivity index (χ4v) is 1.20. The Kier molecular flexibility index (Phi) is 6.43. The Bertz CT molecular complexity index is 310. The zero-order valence-electron chi connectivity index (χ0n) is 9.91. The van der Waals surface area contributed by atoms with Gasteiger partial charge in [0.1, 0.15) is 5.60 Å². The molecule has 6 nitrogen and oxygen atoms in total. The van der Waals surface area contributed by atoms with Crippen molar-refractivity contribution in [2.75, 3.05) is 4.43 Å². The maximum Gasteiger partial charge on any atom is 0.308 e. The van der Waals surface area contributed by atoms with Crippen molar-refractivity contribution >= 4 is 40.4 Å². The first-order valence-electron chi connectivity index (χ1n) is 4.93.